The van der Waals surface area contributed by atoms with Gasteiger partial charge in [-0.25, -0.2) is 0 Å². The van der Waals surface area contributed by atoms with Crippen LogP contribution in [0.4, 0.5) is 29.5 Å². The summed E-state index contributed by atoms with van der Waals surface area (Å²) in [7, 11) is 0. The third-order valence-electron chi connectivity index (χ3n) is 9.26. The van der Waals surface area contributed by atoms with Crippen LogP contribution in [0.25, 0.3) is 28.0 Å². The lowest BCUT2D eigenvalue weighted by Gasteiger charge is -2.40. The van der Waals surface area contributed by atoms with E-state index in [1.54, 1.807) is 42.5 Å². The molecule has 2 heterocycles. The maximum atomic E-state index is 14.1. The summed E-state index contributed by atoms with van der Waals surface area (Å²) < 4.78 is 42.3. The fourth-order valence-electron chi connectivity index (χ4n) is 6.91. The minimum absolute atomic E-state index is 0.120. The van der Waals surface area contributed by atoms with Gasteiger partial charge in [0.2, 0.25) is 0 Å². The highest BCUT2D eigenvalue weighted by Crippen LogP contribution is 2.57. The normalized spacial score (nSPS) is 15.1. The standard InChI is InChI=1S/C40H26F3NO2S/c1-39(2)32-20-24(26-12-7-8-16-31(26)40(41,42)43)18-19-35(32)44(34-17-9-11-23-10-3-4-13-27(23)34)38-33(39)22-25(47-38)21-30-36(45)28-14-5-6-15-29(28)37(30)46/h3-22H,1-2H3. The number of fused-ring (bicyclic) bond motifs is 4. The van der Waals surface area contributed by atoms with Gasteiger partial charge in [0.15, 0.2) is 11.6 Å². The number of thiophene rings is 1. The molecule has 230 valence electrons. The van der Waals surface area contributed by atoms with Crippen molar-refractivity contribution in [3.63, 3.8) is 0 Å². The highest BCUT2D eigenvalue weighted by molar-refractivity contribution is 7.17. The van der Waals surface area contributed by atoms with Crippen molar-refractivity contribution < 1.29 is 22.8 Å². The SMILES string of the molecule is CC1(C)c2cc(-c3ccccc3C(F)(F)F)ccc2N(c2cccc3ccccc23)c2sc(C=C3C(=O)c4ccccc4C3=O)cc21. The van der Waals surface area contributed by atoms with Crippen LogP contribution in [-0.2, 0) is 11.6 Å². The van der Waals surface area contributed by atoms with E-state index < -0.39 is 17.2 Å². The number of nitrogens with zero attached hydrogens (tertiary/aromatic N) is 1. The van der Waals surface area contributed by atoms with Crippen molar-refractivity contribution in [2.24, 2.45) is 0 Å². The van der Waals surface area contributed by atoms with E-state index in [2.05, 4.69) is 24.8 Å². The molecular formula is C40H26F3NO2S. The predicted molar refractivity (Wildman–Crippen MR) is 182 cm³/mol. The molecule has 0 radical (unpaired) electrons. The van der Waals surface area contributed by atoms with Crippen LogP contribution in [0.5, 0.6) is 0 Å². The highest BCUT2D eigenvalue weighted by atomic mass is 32.1. The van der Waals surface area contributed by atoms with Crippen LogP contribution in [0.1, 0.15) is 56.1 Å². The zero-order chi connectivity index (χ0) is 32.7. The van der Waals surface area contributed by atoms with Gasteiger partial charge in [-0.05, 0) is 64.0 Å². The average molecular weight is 642 g/mol. The van der Waals surface area contributed by atoms with E-state index in [4.69, 9.17) is 0 Å². The number of allylic oxidation sites excluding steroid dienone is 1. The zero-order valence-electron chi connectivity index (χ0n) is 25.4. The number of halogens is 3. The number of hydrogen-bond acceptors (Lipinski definition) is 4. The summed E-state index contributed by atoms with van der Waals surface area (Å²) in [6.45, 7) is 4.13. The van der Waals surface area contributed by atoms with Crippen molar-refractivity contribution >= 4 is 56.1 Å². The van der Waals surface area contributed by atoms with E-state index in [0.717, 1.165) is 49.2 Å². The van der Waals surface area contributed by atoms with E-state index in [9.17, 15) is 22.8 Å². The van der Waals surface area contributed by atoms with E-state index >= 15 is 0 Å². The molecule has 7 heteroatoms. The van der Waals surface area contributed by atoms with Gasteiger partial charge in [0.25, 0.3) is 0 Å². The Morgan fingerprint density at radius 2 is 1.32 bits per heavy atom. The van der Waals surface area contributed by atoms with E-state index in [-0.39, 0.29) is 22.7 Å². The molecular weight excluding hydrogens is 616 g/mol. The quantitative estimate of drug-likeness (QED) is 0.143. The molecule has 1 aromatic heterocycles. The molecule has 0 N–H and O–H groups in total. The number of Topliss-reactive ketones (excluding diaryl/α,β-unsaturated/α-hetero) is 2. The van der Waals surface area contributed by atoms with E-state index in [1.165, 1.54) is 23.5 Å². The topological polar surface area (TPSA) is 37.4 Å². The smallest absolute Gasteiger partial charge is 0.301 e. The van der Waals surface area contributed by atoms with Gasteiger partial charge >= 0.3 is 6.18 Å². The second-order valence-electron chi connectivity index (χ2n) is 12.4. The summed E-state index contributed by atoms with van der Waals surface area (Å²) in [5.41, 5.74) is 3.81. The molecule has 2 aliphatic rings. The molecule has 0 atom stereocenters. The lowest BCUT2D eigenvalue weighted by molar-refractivity contribution is -0.137. The number of hydrogen-bond donors (Lipinski definition) is 0. The molecule has 3 nitrogen and oxygen atoms in total. The maximum Gasteiger partial charge on any atom is 0.417 e. The van der Waals surface area contributed by atoms with Crippen LogP contribution in [0.15, 0.2) is 121 Å². The number of carbonyl (C=O) groups excluding carboxylic acids is 2. The Morgan fingerprint density at radius 3 is 2.04 bits per heavy atom. The molecule has 47 heavy (non-hydrogen) atoms. The second kappa shape index (κ2) is 10.4. The Morgan fingerprint density at radius 1 is 0.681 bits per heavy atom. The summed E-state index contributed by atoms with van der Waals surface area (Å²) in [5, 5.41) is 2.99. The van der Waals surface area contributed by atoms with Crippen molar-refractivity contribution in [1.29, 1.82) is 0 Å². The van der Waals surface area contributed by atoms with Crippen LogP contribution in [0.2, 0.25) is 0 Å². The molecule has 0 bridgehead atoms. The molecule has 0 saturated carbocycles. The van der Waals surface area contributed by atoms with Gasteiger partial charge in [0.1, 0.15) is 5.00 Å². The van der Waals surface area contributed by atoms with Gasteiger partial charge in [-0.2, -0.15) is 13.2 Å². The van der Waals surface area contributed by atoms with Gasteiger partial charge < -0.3 is 4.90 Å². The van der Waals surface area contributed by atoms with Crippen LogP contribution in [-0.4, -0.2) is 11.6 Å². The van der Waals surface area contributed by atoms with Gasteiger partial charge in [-0.3, -0.25) is 9.59 Å². The van der Waals surface area contributed by atoms with Crippen molar-refractivity contribution in [3.8, 4) is 11.1 Å². The second-order valence-corrected chi connectivity index (χ2v) is 13.4. The Kier molecular flexibility index (Phi) is 6.43. The summed E-state index contributed by atoms with van der Waals surface area (Å²) >= 11 is 1.49. The molecule has 0 spiro atoms. The predicted octanol–water partition coefficient (Wildman–Crippen LogP) is 11.2. The lowest BCUT2D eigenvalue weighted by atomic mass is 9.74. The van der Waals surface area contributed by atoms with Gasteiger partial charge in [0.05, 0.1) is 22.5 Å². The highest BCUT2D eigenvalue weighted by Gasteiger charge is 2.41. The number of carbonyl (C=O) groups is 2. The lowest BCUT2D eigenvalue weighted by Crippen LogP contribution is -2.29. The van der Waals surface area contributed by atoms with Crippen LogP contribution in [0, 0.1) is 0 Å². The number of ketones is 2. The minimum Gasteiger partial charge on any atom is -0.301 e. The number of anilines is 3. The van der Waals surface area contributed by atoms with Gasteiger partial charge in [0, 0.05) is 26.8 Å². The molecule has 5 aromatic carbocycles. The molecule has 0 saturated heterocycles. The Hall–Kier alpha value is -5.27. The van der Waals surface area contributed by atoms with Crippen molar-refractivity contribution in [1.82, 2.24) is 0 Å². The first kappa shape index (κ1) is 29.2. The average Bonchev–Trinajstić information content (AvgIpc) is 3.60. The zero-order valence-corrected chi connectivity index (χ0v) is 26.2. The van der Waals surface area contributed by atoms with Gasteiger partial charge in [-0.1, -0.05) is 98.8 Å². The van der Waals surface area contributed by atoms with Gasteiger partial charge in [-0.15, -0.1) is 11.3 Å². The number of alkyl halides is 3. The van der Waals surface area contributed by atoms with Crippen molar-refractivity contribution in [2.75, 3.05) is 4.90 Å². The first-order valence-corrected chi connectivity index (χ1v) is 16.0. The minimum atomic E-state index is -4.51. The summed E-state index contributed by atoms with van der Waals surface area (Å²) in [6.07, 6.45) is -2.82. The summed E-state index contributed by atoms with van der Waals surface area (Å²) in [6, 6.07) is 34.2. The Labute approximate surface area is 273 Å². The molecule has 1 aliphatic heterocycles. The number of rotatable bonds is 3. The summed E-state index contributed by atoms with van der Waals surface area (Å²) in [5.74, 6) is -0.586. The first-order valence-electron chi connectivity index (χ1n) is 15.2. The van der Waals surface area contributed by atoms with Crippen molar-refractivity contribution in [2.45, 2.75) is 25.4 Å². The Bertz CT molecular complexity index is 2290. The molecule has 0 amide bonds. The van der Waals surface area contributed by atoms with Crippen LogP contribution < -0.4 is 4.90 Å². The Balaban J connectivity index is 1.35. The fraction of sp³-hybridized carbons (Fsp3) is 0.100. The molecule has 8 rings (SSSR count). The van der Waals surface area contributed by atoms with E-state index in [0.29, 0.717) is 16.7 Å². The van der Waals surface area contributed by atoms with Crippen LogP contribution in [0.3, 0.4) is 0 Å². The molecule has 0 unspecified atom stereocenters. The monoisotopic (exact) mass is 641 g/mol. The van der Waals surface area contributed by atoms with E-state index in [1.807, 2.05) is 54.6 Å². The third-order valence-corrected chi connectivity index (χ3v) is 10.3. The maximum absolute atomic E-state index is 14.1. The largest absolute Gasteiger partial charge is 0.417 e. The molecule has 1 aliphatic carbocycles. The van der Waals surface area contributed by atoms with Crippen LogP contribution >= 0.6 is 11.3 Å². The first-order chi connectivity index (χ1) is 22.5. The third kappa shape index (κ3) is 4.48. The number of benzene rings is 5. The summed E-state index contributed by atoms with van der Waals surface area (Å²) in [4.78, 5) is 29.5. The fourth-order valence-corrected chi connectivity index (χ4v) is 8.20. The molecule has 6 aromatic rings. The van der Waals surface area contributed by atoms with Crippen molar-refractivity contribution in [3.05, 3.63) is 154 Å². The molecule has 0 fully saturated rings.